The van der Waals surface area contributed by atoms with Crippen LogP contribution in [-0.4, -0.2) is 9.55 Å². The number of imidazole rings is 1. The SMILES string of the molecule is CC(C)n1cncc1F. The predicted octanol–water partition coefficient (Wildman–Crippen LogP) is 1.60. The van der Waals surface area contributed by atoms with E-state index in [1.807, 2.05) is 13.8 Å². The van der Waals surface area contributed by atoms with Gasteiger partial charge in [-0.3, -0.25) is 0 Å². The second kappa shape index (κ2) is 2.17. The highest BCUT2D eigenvalue weighted by molar-refractivity contribution is 4.81. The molecule has 1 aromatic rings. The minimum absolute atomic E-state index is 0.160. The molecular weight excluding hydrogens is 119 g/mol. The number of rotatable bonds is 1. The topological polar surface area (TPSA) is 17.8 Å². The van der Waals surface area contributed by atoms with Crippen LogP contribution in [0.15, 0.2) is 12.5 Å². The van der Waals surface area contributed by atoms with Gasteiger partial charge in [-0.25, -0.2) is 4.98 Å². The van der Waals surface area contributed by atoms with Crippen LogP contribution in [0.2, 0.25) is 0 Å². The summed E-state index contributed by atoms with van der Waals surface area (Å²) < 4.78 is 14.0. The summed E-state index contributed by atoms with van der Waals surface area (Å²) in [6.07, 6.45) is 2.69. The molecule has 0 spiro atoms. The quantitative estimate of drug-likeness (QED) is 0.561. The molecule has 1 heterocycles. The molecule has 3 heteroatoms. The van der Waals surface area contributed by atoms with Crippen LogP contribution >= 0.6 is 0 Å². The molecule has 1 aromatic heterocycles. The molecule has 0 aliphatic heterocycles. The summed E-state index contributed by atoms with van der Waals surface area (Å²) in [7, 11) is 0. The second-order valence-electron chi connectivity index (χ2n) is 2.22. The van der Waals surface area contributed by atoms with Crippen molar-refractivity contribution in [2.75, 3.05) is 0 Å². The van der Waals surface area contributed by atoms with E-state index in [-0.39, 0.29) is 12.0 Å². The Morgan fingerprint density at radius 2 is 2.33 bits per heavy atom. The maximum Gasteiger partial charge on any atom is 0.213 e. The van der Waals surface area contributed by atoms with Gasteiger partial charge in [-0.2, -0.15) is 4.39 Å². The first kappa shape index (κ1) is 6.26. The molecule has 0 atom stereocenters. The molecule has 0 aromatic carbocycles. The van der Waals surface area contributed by atoms with E-state index >= 15 is 0 Å². The Morgan fingerprint density at radius 3 is 2.56 bits per heavy atom. The Bertz CT molecular complexity index is 193. The van der Waals surface area contributed by atoms with Crippen LogP contribution < -0.4 is 0 Å². The molecule has 0 unspecified atom stereocenters. The molecule has 0 N–H and O–H groups in total. The monoisotopic (exact) mass is 128 g/mol. The lowest BCUT2D eigenvalue weighted by Crippen LogP contribution is -2.00. The third-order valence-electron chi connectivity index (χ3n) is 1.18. The fraction of sp³-hybridized carbons (Fsp3) is 0.500. The molecule has 50 valence electrons. The van der Waals surface area contributed by atoms with Crippen molar-refractivity contribution >= 4 is 0 Å². The largest absolute Gasteiger partial charge is 0.305 e. The van der Waals surface area contributed by atoms with Gasteiger partial charge in [0.15, 0.2) is 0 Å². The highest BCUT2D eigenvalue weighted by Crippen LogP contribution is 2.05. The van der Waals surface area contributed by atoms with Crippen molar-refractivity contribution in [3.63, 3.8) is 0 Å². The van der Waals surface area contributed by atoms with E-state index in [1.165, 1.54) is 17.1 Å². The predicted molar refractivity (Wildman–Crippen MR) is 32.6 cm³/mol. The Kier molecular flexibility index (Phi) is 1.51. The van der Waals surface area contributed by atoms with E-state index in [2.05, 4.69) is 4.98 Å². The summed E-state index contributed by atoms with van der Waals surface area (Å²) in [5, 5.41) is 0. The van der Waals surface area contributed by atoms with Crippen molar-refractivity contribution in [2.24, 2.45) is 0 Å². The van der Waals surface area contributed by atoms with Gasteiger partial charge in [0.1, 0.15) is 0 Å². The zero-order valence-electron chi connectivity index (χ0n) is 5.50. The number of halogens is 1. The first-order valence-electron chi connectivity index (χ1n) is 2.89. The summed E-state index contributed by atoms with van der Waals surface area (Å²) in [6, 6.07) is 0.160. The van der Waals surface area contributed by atoms with Gasteiger partial charge in [0.05, 0.1) is 12.5 Å². The van der Waals surface area contributed by atoms with Crippen LogP contribution in [0, 0.1) is 5.95 Å². The number of nitrogens with zero attached hydrogens (tertiary/aromatic N) is 2. The van der Waals surface area contributed by atoms with E-state index < -0.39 is 0 Å². The Labute approximate surface area is 53.3 Å². The smallest absolute Gasteiger partial charge is 0.213 e. The Morgan fingerprint density at radius 1 is 1.67 bits per heavy atom. The van der Waals surface area contributed by atoms with Crippen molar-refractivity contribution in [3.05, 3.63) is 18.5 Å². The van der Waals surface area contributed by atoms with Crippen molar-refractivity contribution in [1.82, 2.24) is 9.55 Å². The van der Waals surface area contributed by atoms with E-state index in [9.17, 15) is 4.39 Å². The standard InChI is InChI=1S/C6H9FN2/c1-5(2)9-4-8-3-6(9)7/h3-5H,1-2H3. The summed E-state index contributed by atoms with van der Waals surface area (Å²) in [5.74, 6) is -0.273. The maximum atomic E-state index is 12.5. The summed E-state index contributed by atoms with van der Waals surface area (Å²) in [4.78, 5) is 3.63. The highest BCUT2D eigenvalue weighted by atomic mass is 19.1. The molecule has 0 saturated heterocycles. The highest BCUT2D eigenvalue weighted by Gasteiger charge is 2.01. The van der Waals surface area contributed by atoms with Crippen LogP contribution in [-0.2, 0) is 0 Å². The summed E-state index contributed by atoms with van der Waals surface area (Å²) in [6.45, 7) is 3.82. The van der Waals surface area contributed by atoms with Gasteiger partial charge in [-0.15, -0.1) is 0 Å². The first-order valence-corrected chi connectivity index (χ1v) is 2.89. The molecule has 0 amide bonds. The summed E-state index contributed by atoms with van der Waals surface area (Å²) >= 11 is 0. The number of hydrogen-bond acceptors (Lipinski definition) is 1. The Balaban J connectivity index is 2.94. The van der Waals surface area contributed by atoms with Crippen LogP contribution in [0.4, 0.5) is 4.39 Å². The average Bonchev–Trinajstić information content (AvgIpc) is 2.13. The zero-order chi connectivity index (χ0) is 6.85. The zero-order valence-corrected chi connectivity index (χ0v) is 5.50. The molecule has 0 fully saturated rings. The summed E-state index contributed by atoms with van der Waals surface area (Å²) in [5.41, 5.74) is 0. The van der Waals surface area contributed by atoms with Gasteiger partial charge in [0, 0.05) is 6.04 Å². The van der Waals surface area contributed by atoms with Gasteiger partial charge >= 0.3 is 0 Å². The molecule has 2 nitrogen and oxygen atoms in total. The van der Waals surface area contributed by atoms with E-state index in [1.54, 1.807) is 0 Å². The fourth-order valence-corrected chi connectivity index (χ4v) is 0.668. The van der Waals surface area contributed by atoms with Crippen molar-refractivity contribution in [3.8, 4) is 0 Å². The van der Waals surface area contributed by atoms with Gasteiger partial charge in [-0.05, 0) is 13.8 Å². The van der Waals surface area contributed by atoms with E-state index in [0.29, 0.717) is 0 Å². The third kappa shape index (κ3) is 1.09. The van der Waals surface area contributed by atoms with Gasteiger partial charge in [0.25, 0.3) is 0 Å². The maximum absolute atomic E-state index is 12.5. The molecule has 0 aliphatic carbocycles. The molecule has 0 bridgehead atoms. The minimum atomic E-state index is -0.273. The van der Waals surface area contributed by atoms with Crippen LogP contribution in [0.25, 0.3) is 0 Å². The van der Waals surface area contributed by atoms with Crippen LogP contribution in [0.5, 0.6) is 0 Å². The van der Waals surface area contributed by atoms with Crippen LogP contribution in [0.1, 0.15) is 19.9 Å². The average molecular weight is 128 g/mol. The van der Waals surface area contributed by atoms with Crippen LogP contribution in [0.3, 0.4) is 0 Å². The van der Waals surface area contributed by atoms with E-state index in [4.69, 9.17) is 0 Å². The molecule has 0 aliphatic rings. The van der Waals surface area contributed by atoms with Gasteiger partial charge in [0.2, 0.25) is 5.95 Å². The van der Waals surface area contributed by atoms with E-state index in [0.717, 1.165) is 0 Å². The lowest BCUT2D eigenvalue weighted by atomic mass is 10.4. The van der Waals surface area contributed by atoms with Gasteiger partial charge < -0.3 is 4.57 Å². The lowest BCUT2D eigenvalue weighted by molar-refractivity contribution is 0.457. The molecule has 0 radical (unpaired) electrons. The third-order valence-corrected chi connectivity index (χ3v) is 1.18. The van der Waals surface area contributed by atoms with Crippen molar-refractivity contribution < 1.29 is 4.39 Å². The number of hydrogen-bond donors (Lipinski definition) is 0. The van der Waals surface area contributed by atoms with Crippen molar-refractivity contribution in [2.45, 2.75) is 19.9 Å². The number of aromatic nitrogens is 2. The lowest BCUT2D eigenvalue weighted by Gasteiger charge is -2.04. The Hall–Kier alpha value is -0.860. The molecule has 0 saturated carbocycles. The normalized spacial score (nSPS) is 10.7. The molecular formula is C6H9FN2. The fourth-order valence-electron chi connectivity index (χ4n) is 0.668. The molecule has 9 heavy (non-hydrogen) atoms. The van der Waals surface area contributed by atoms with Gasteiger partial charge in [-0.1, -0.05) is 0 Å². The second-order valence-corrected chi connectivity index (χ2v) is 2.22. The first-order chi connectivity index (χ1) is 4.22. The molecule has 1 rings (SSSR count). The van der Waals surface area contributed by atoms with Crippen molar-refractivity contribution in [1.29, 1.82) is 0 Å². The minimum Gasteiger partial charge on any atom is -0.305 e.